The van der Waals surface area contributed by atoms with Gasteiger partial charge >= 0.3 is 0 Å². The van der Waals surface area contributed by atoms with Gasteiger partial charge in [-0.3, -0.25) is 4.90 Å². The van der Waals surface area contributed by atoms with Crippen LogP contribution in [0, 0.1) is 0 Å². The predicted molar refractivity (Wildman–Crippen MR) is 73.4 cm³/mol. The number of hydrogen-bond acceptors (Lipinski definition) is 3. The van der Waals surface area contributed by atoms with Gasteiger partial charge in [-0.1, -0.05) is 12.8 Å². The van der Waals surface area contributed by atoms with E-state index in [1.54, 1.807) is 0 Å². The van der Waals surface area contributed by atoms with Crippen LogP contribution in [0.5, 0.6) is 0 Å². The Morgan fingerprint density at radius 3 is 2.19 bits per heavy atom. The van der Waals surface area contributed by atoms with Crippen molar-refractivity contribution in [2.45, 2.75) is 44.6 Å². The largest absolute Gasteiger partial charge is 0.301 e. The van der Waals surface area contributed by atoms with Crippen molar-refractivity contribution in [2.24, 2.45) is 0 Å². The zero-order valence-electron chi connectivity index (χ0n) is 10.4. The van der Waals surface area contributed by atoms with E-state index >= 15 is 0 Å². The average molecular weight is 242 g/mol. The maximum absolute atomic E-state index is 4.24. The molecule has 0 aromatic rings. The third kappa shape index (κ3) is 4.27. The van der Waals surface area contributed by atoms with E-state index in [1.165, 1.54) is 71.2 Å². The first-order valence-corrected chi connectivity index (χ1v) is 7.60. The first-order valence-electron chi connectivity index (χ1n) is 6.97. The van der Waals surface area contributed by atoms with Crippen molar-refractivity contribution in [2.75, 3.05) is 38.5 Å². The number of piperazine rings is 1. The van der Waals surface area contributed by atoms with E-state index in [1.807, 2.05) is 0 Å². The zero-order chi connectivity index (χ0) is 11.2. The maximum atomic E-state index is 4.24. The van der Waals surface area contributed by atoms with E-state index in [9.17, 15) is 0 Å². The minimum atomic E-state index is 0.970. The molecule has 3 heteroatoms. The number of unbranched alkanes of at least 4 members (excludes halogenated alkanes) is 3. The number of rotatable bonds is 7. The van der Waals surface area contributed by atoms with Crippen LogP contribution in [0.3, 0.4) is 0 Å². The second-order valence-electron chi connectivity index (χ2n) is 5.25. The van der Waals surface area contributed by atoms with E-state index in [0.717, 1.165) is 11.8 Å². The Hall–Kier alpha value is 0.270. The molecule has 1 saturated carbocycles. The highest BCUT2D eigenvalue weighted by atomic mass is 32.1. The highest BCUT2D eigenvalue weighted by molar-refractivity contribution is 7.80. The minimum Gasteiger partial charge on any atom is -0.301 e. The molecule has 0 atom stereocenters. The fourth-order valence-corrected chi connectivity index (χ4v) is 2.82. The summed E-state index contributed by atoms with van der Waals surface area (Å²) in [6.45, 7) is 6.58. The van der Waals surface area contributed by atoms with E-state index in [-0.39, 0.29) is 0 Å². The minimum absolute atomic E-state index is 0.970. The van der Waals surface area contributed by atoms with E-state index in [2.05, 4.69) is 22.4 Å². The lowest BCUT2D eigenvalue weighted by atomic mass is 10.2. The van der Waals surface area contributed by atoms with Crippen LogP contribution in [-0.4, -0.2) is 54.3 Å². The van der Waals surface area contributed by atoms with Crippen LogP contribution >= 0.6 is 12.6 Å². The van der Waals surface area contributed by atoms with Crippen molar-refractivity contribution in [3.63, 3.8) is 0 Å². The summed E-state index contributed by atoms with van der Waals surface area (Å²) in [5.41, 5.74) is 0. The molecule has 1 aliphatic carbocycles. The summed E-state index contributed by atoms with van der Waals surface area (Å²) in [7, 11) is 0. The summed E-state index contributed by atoms with van der Waals surface area (Å²) in [5, 5.41) is 0. The van der Waals surface area contributed by atoms with E-state index in [4.69, 9.17) is 0 Å². The standard InChI is InChI=1S/C13H26N2S/c16-12-4-2-1-3-7-14-8-10-15(11-9-14)13-5-6-13/h13,16H,1-12H2. The van der Waals surface area contributed by atoms with Crippen molar-refractivity contribution in [3.8, 4) is 0 Å². The third-order valence-electron chi connectivity index (χ3n) is 3.85. The van der Waals surface area contributed by atoms with Gasteiger partial charge in [0.2, 0.25) is 0 Å². The Balaban J connectivity index is 1.48. The number of hydrogen-bond donors (Lipinski definition) is 1. The molecule has 0 amide bonds. The van der Waals surface area contributed by atoms with E-state index in [0.29, 0.717) is 0 Å². The third-order valence-corrected chi connectivity index (χ3v) is 4.17. The predicted octanol–water partition coefficient (Wildman–Crippen LogP) is 2.26. The van der Waals surface area contributed by atoms with Crippen LogP contribution in [0.2, 0.25) is 0 Å². The normalized spacial score (nSPS) is 23.8. The zero-order valence-corrected chi connectivity index (χ0v) is 11.3. The van der Waals surface area contributed by atoms with Crippen LogP contribution in [0.15, 0.2) is 0 Å². The highest BCUT2D eigenvalue weighted by Crippen LogP contribution is 2.27. The smallest absolute Gasteiger partial charge is 0.0113 e. The second kappa shape index (κ2) is 6.87. The van der Waals surface area contributed by atoms with Gasteiger partial charge in [0.1, 0.15) is 0 Å². The summed E-state index contributed by atoms with van der Waals surface area (Å²) in [6, 6.07) is 0.970. The molecule has 0 spiro atoms. The molecule has 0 radical (unpaired) electrons. The van der Waals surface area contributed by atoms with Gasteiger partial charge in [0, 0.05) is 32.2 Å². The van der Waals surface area contributed by atoms with Gasteiger partial charge in [0.15, 0.2) is 0 Å². The Labute approximate surface area is 106 Å². The molecule has 16 heavy (non-hydrogen) atoms. The molecule has 0 unspecified atom stereocenters. The van der Waals surface area contributed by atoms with Gasteiger partial charge < -0.3 is 4.90 Å². The molecule has 1 saturated heterocycles. The molecule has 2 nitrogen and oxygen atoms in total. The van der Waals surface area contributed by atoms with Crippen LogP contribution < -0.4 is 0 Å². The Morgan fingerprint density at radius 1 is 0.875 bits per heavy atom. The Bertz CT molecular complexity index is 186. The fourth-order valence-electron chi connectivity index (χ4n) is 2.59. The molecular weight excluding hydrogens is 216 g/mol. The van der Waals surface area contributed by atoms with Gasteiger partial charge in [-0.15, -0.1) is 0 Å². The first kappa shape index (κ1) is 12.7. The monoisotopic (exact) mass is 242 g/mol. The molecule has 1 aliphatic heterocycles. The van der Waals surface area contributed by atoms with Crippen LogP contribution in [0.1, 0.15) is 38.5 Å². The summed E-state index contributed by atoms with van der Waals surface area (Å²) in [6.07, 6.45) is 8.36. The van der Waals surface area contributed by atoms with Crippen LogP contribution in [0.25, 0.3) is 0 Å². The lowest BCUT2D eigenvalue weighted by molar-refractivity contribution is 0.125. The van der Waals surface area contributed by atoms with Crippen molar-refractivity contribution in [3.05, 3.63) is 0 Å². The Morgan fingerprint density at radius 2 is 1.56 bits per heavy atom. The molecule has 1 heterocycles. The first-order chi connectivity index (χ1) is 7.90. The fraction of sp³-hybridized carbons (Fsp3) is 1.00. The van der Waals surface area contributed by atoms with Crippen LogP contribution in [0.4, 0.5) is 0 Å². The molecule has 2 rings (SSSR count). The summed E-state index contributed by atoms with van der Waals surface area (Å²) in [5.74, 6) is 1.06. The second-order valence-corrected chi connectivity index (χ2v) is 5.69. The SMILES string of the molecule is SCCCCCCN1CCN(C2CC2)CC1. The van der Waals surface area contributed by atoms with Crippen LogP contribution in [-0.2, 0) is 0 Å². The average Bonchev–Trinajstić information content (AvgIpc) is 3.14. The highest BCUT2D eigenvalue weighted by Gasteiger charge is 2.30. The van der Waals surface area contributed by atoms with Crippen molar-refractivity contribution in [1.29, 1.82) is 0 Å². The molecular formula is C13H26N2S. The van der Waals surface area contributed by atoms with E-state index < -0.39 is 0 Å². The van der Waals surface area contributed by atoms with Gasteiger partial charge in [-0.05, 0) is 38.0 Å². The Kier molecular flexibility index (Phi) is 5.46. The molecule has 0 N–H and O–H groups in total. The summed E-state index contributed by atoms with van der Waals surface area (Å²) < 4.78 is 0. The van der Waals surface area contributed by atoms with Gasteiger partial charge in [-0.25, -0.2) is 0 Å². The molecule has 2 aliphatic rings. The molecule has 94 valence electrons. The lowest BCUT2D eigenvalue weighted by Gasteiger charge is -2.34. The van der Waals surface area contributed by atoms with Crippen molar-refractivity contribution >= 4 is 12.6 Å². The molecule has 0 aromatic heterocycles. The molecule has 2 fully saturated rings. The van der Waals surface area contributed by atoms with Crippen molar-refractivity contribution in [1.82, 2.24) is 9.80 Å². The van der Waals surface area contributed by atoms with Crippen molar-refractivity contribution < 1.29 is 0 Å². The summed E-state index contributed by atoms with van der Waals surface area (Å²) >= 11 is 4.24. The van der Waals surface area contributed by atoms with Gasteiger partial charge in [0.05, 0.1) is 0 Å². The number of thiol groups is 1. The maximum Gasteiger partial charge on any atom is 0.0113 e. The summed E-state index contributed by atoms with van der Waals surface area (Å²) in [4.78, 5) is 5.34. The molecule has 0 bridgehead atoms. The quantitative estimate of drug-likeness (QED) is 0.540. The van der Waals surface area contributed by atoms with Gasteiger partial charge in [-0.2, -0.15) is 12.6 Å². The van der Waals surface area contributed by atoms with Gasteiger partial charge in [0.25, 0.3) is 0 Å². The molecule has 0 aromatic carbocycles. The lowest BCUT2D eigenvalue weighted by Crippen LogP contribution is -2.47. The topological polar surface area (TPSA) is 6.48 Å². The number of nitrogens with zero attached hydrogens (tertiary/aromatic N) is 2.